The lowest BCUT2D eigenvalue weighted by molar-refractivity contribution is -0.117. The Hall–Kier alpha value is -4.50. The van der Waals surface area contributed by atoms with Crippen LogP contribution in [-0.2, 0) is 11.2 Å². The molecular formula is C28H28N2O7. The Morgan fingerprint density at radius 3 is 2.49 bits per heavy atom. The number of nitrogens with one attached hydrogen (secondary N) is 1. The second-order valence-electron chi connectivity index (χ2n) is 8.49. The minimum Gasteiger partial charge on any atom is -0.508 e. The van der Waals surface area contributed by atoms with Crippen LogP contribution in [0.4, 0.5) is 5.69 Å². The number of amides is 1. The maximum absolute atomic E-state index is 13.1. The number of carbonyl (C=O) groups excluding carboxylic acids is 2. The van der Waals surface area contributed by atoms with Gasteiger partial charge in [-0.2, -0.15) is 0 Å². The van der Waals surface area contributed by atoms with Gasteiger partial charge in [-0.25, -0.2) is 0 Å². The molecule has 1 unspecified atom stereocenters. The summed E-state index contributed by atoms with van der Waals surface area (Å²) in [6, 6.07) is 14.1. The van der Waals surface area contributed by atoms with Crippen molar-refractivity contribution < 1.29 is 33.6 Å². The van der Waals surface area contributed by atoms with Gasteiger partial charge in [0.2, 0.25) is 18.4 Å². The molecule has 9 heteroatoms. The first-order valence-corrected chi connectivity index (χ1v) is 11.5. The largest absolute Gasteiger partial charge is 0.508 e. The van der Waals surface area contributed by atoms with E-state index in [0.717, 1.165) is 5.56 Å². The van der Waals surface area contributed by atoms with E-state index >= 15 is 0 Å². The fourth-order valence-electron chi connectivity index (χ4n) is 3.92. The number of hydrogen-bond donors (Lipinski definition) is 3. The van der Waals surface area contributed by atoms with Crippen molar-refractivity contribution in [1.29, 1.82) is 0 Å². The molecule has 0 aliphatic carbocycles. The number of ketones is 1. The molecule has 1 heterocycles. The first-order valence-electron chi connectivity index (χ1n) is 11.5. The first-order chi connectivity index (χ1) is 17.8. The molecule has 1 amide bonds. The van der Waals surface area contributed by atoms with Crippen molar-refractivity contribution in [2.45, 2.75) is 19.4 Å². The second kappa shape index (κ2) is 11.0. The van der Waals surface area contributed by atoms with Crippen LogP contribution in [0.5, 0.6) is 28.7 Å². The molecular weight excluding hydrogens is 476 g/mol. The summed E-state index contributed by atoms with van der Waals surface area (Å²) in [6.45, 7) is 1.77. The molecule has 192 valence electrons. The third-order valence-corrected chi connectivity index (χ3v) is 5.87. The van der Waals surface area contributed by atoms with Crippen molar-refractivity contribution in [1.82, 2.24) is 0 Å². The number of aromatic hydroxyl groups is 1. The predicted octanol–water partition coefficient (Wildman–Crippen LogP) is 3.93. The third-order valence-electron chi connectivity index (χ3n) is 5.87. The molecule has 4 N–H and O–H groups in total. The van der Waals surface area contributed by atoms with Crippen LogP contribution in [0.15, 0.2) is 60.2 Å². The van der Waals surface area contributed by atoms with Gasteiger partial charge in [0.25, 0.3) is 0 Å². The molecule has 0 fully saturated rings. The highest BCUT2D eigenvalue weighted by Crippen LogP contribution is 2.42. The maximum atomic E-state index is 13.1. The molecule has 1 atom stereocenters. The zero-order chi connectivity index (χ0) is 26.5. The summed E-state index contributed by atoms with van der Waals surface area (Å²) in [5.41, 5.74) is 8.90. The van der Waals surface area contributed by atoms with E-state index in [9.17, 15) is 14.7 Å². The molecule has 3 aromatic rings. The molecule has 4 rings (SSSR count). The zero-order valence-corrected chi connectivity index (χ0v) is 20.7. The molecule has 9 nitrogen and oxygen atoms in total. The summed E-state index contributed by atoms with van der Waals surface area (Å²) in [6.07, 6.45) is 2.01. The lowest BCUT2D eigenvalue weighted by Gasteiger charge is -2.15. The highest BCUT2D eigenvalue weighted by molar-refractivity contribution is 6.11. The molecule has 3 aromatic carbocycles. The van der Waals surface area contributed by atoms with E-state index in [1.807, 2.05) is 0 Å². The average molecular weight is 505 g/mol. The Kier molecular flexibility index (Phi) is 7.64. The molecule has 0 spiro atoms. The number of rotatable bonds is 9. The molecule has 1 aliphatic rings. The van der Waals surface area contributed by atoms with E-state index in [1.54, 1.807) is 67.6 Å². The van der Waals surface area contributed by atoms with E-state index in [4.69, 9.17) is 24.7 Å². The highest BCUT2D eigenvalue weighted by Gasteiger charge is 2.23. The van der Waals surface area contributed by atoms with E-state index in [-0.39, 0.29) is 18.3 Å². The number of Topliss-reactive ketones (excluding diaryl/α,β-unsaturated/α-hetero) is 1. The molecule has 0 radical (unpaired) electrons. The summed E-state index contributed by atoms with van der Waals surface area (Å²) in [4.78, 5) is 25.9. The van der Waals surface area contributed by atoms with Crippen LogP contribution in [0, 0.1) is 0 Å². The summed E-state index contributed by atoms with van der Waals surface area (Å²) in [5, 5.41) is 12.2. The van der Waals surface area contributed by atoms with Gasteiger partial charge >= 0.3 is 0 Å². The normalized spacial score (nSPS) is 13.1. The number of phenolic OH excluding ortho intramolecular Hbond substituents is 1. The fraction of sp³-hybridized carbons (Fsp3) is 0.214. The van der Waals surface area contributed by atoms with Gasteiger partial charge in [-0.05, 0) is 72.5 Å². The zero-order valence-electron chi connectivity index (χ0n) is 20.7. The van der Waals surface area contributed by atoms with E-state index in [1.165, 1.54) is 14.2 Å². The van der Waals surface area contributed by atoms with Gasteiger partial charge < -0.3 is 35.1 Å². The number of phenols is 1. The summed E-state index contributed by atoms with van der Waals surface area (Å²) in [5.74, 6) is 1.33. The van der Waals surface area contributed by atoms with E-state index in [2.05, 4.69) is 5.32 Å². The quantitative estimate of drug-likeness (QED) is 0.295. The van der Waals surface area contributed by atoms with Gasteiger partial charge in [-0.1, -0.05) is 18.2 Å². The maximum Gasteiger partial charge on any atom is 0.241 e. The van der Waals surface area contributed by atoms with Crippen LogP contribution >= 0.6 is 0 Å². The Labute approximate surface area is 214 Å². The van der Waals surface area contributed by atoms with Crippen molar-refractivity contribution in [3.05, 3.63) is 76.9 Å². The van der Waals surface area contributed by atoms with Gasteiger partial charge in [0, 0.05) is 5.56 Å². The van der Waals surface area contributed by atoms with Crippen LogP contribution in [0.2, 0.25) is 0 Å². The van der Waals surface area contributed by atoms with Gasteiger partial charge in [0.1, 0.15) is 11.5 Å². The lowest BCUT2D eigenvalue weighted by atomic mass is 10.0. The molecule has 0 aromatic heterocycles. The van der Waals surface area contributed by atoms with Crippen molar-refractivity contribution in [3.8, 4) is 28.7 Å². The smallest absolute Gasteiger partial charge is 0.241 e. The topological polar surface area (TPSA) is 129 Å². The van der Waals surface area contributed by atoms with Crippen molar-refractivity contribution in [2.75, 3.05) is 26.3 Å². The summed E-state index contributed by atoms with van der Waals surface area (Å²) >= 11 is 0. The number of fused-ring (bicyclic) bond motifs is 1. The SMILES string of the molecule is COc1ccc(C=C(C)C(=O)c2cc(OC)c3c(c2)OCO3)cc1NC(=O)C(N)Cc1ccc(O)cc1. The monoisotopic (exact) mass is 504 g/mol. The number of carbonyl (C=O) groups is 2. The molecule has 1 aliphatic heterocycles. The highest BCUT2D eigenvalue weighted by atomic mass is 16.7. The van der Waals surface area contributed by atoms with Crippen LogP contribution in [-0.4, -0.2) is 43.9 Å². The number of allylic oxidation sites excluding steroid dienone is 1. The van der Waals surface area contributed by atoms with Gasteiger partial charge in [0.15, 0.2) is 17.3 Å². The number of nitrogens with two attached hydrogens (primary N) is 1. The minimum absolute atomic E-state index is 0.0666. The molecule has 0 saturated heterocycles. The number of ether oxygens (including phenoxy) is 4. The van der Waals surface area contributed by atoms with Crippen molar-refractivity contribution >= 4 is 23.5 Å². The van der Waals surface area contributed by atoms with E-state index < -0.39 is 11.9 Å². The standard InChI is InChI=1S/C28H28N2O7/c1-16(26(32)19-13-24(35-3)27-25(14-19)36-15-37-27)10-18-6-9-23(34-2)22(12-18)30-28(33)21(29)11-17-4-7-20(31)8-5-17/h4-10,12-14,21,31H,11,15,29H2,1-3H3,(H,30,33). The fourth-order valence-corrected chi connectivity index (χ4v) is 3.92. The Balaban J connectivity index is 1.52. The average Bonchev–Trinajstić information content (AvgIpc) is 3.38. The minimum atomic E-state index is -0.822. The second-order valence-corrected chi connectivity index (χ2v) is 8.49. The third kappa shape index (κ3) is 5.84. The van der Waals surface area contributed by atoms with Crippen LogP contribution in [0.3, 0.4) is 0 Å². The molecule has 0 saturated carbocycles. The summed E-state index contributed by atoms with van der Waals surface area (Å²) in [7, 11) is 3.00. The van der Waals surface area contributed by atoms with Gasteiger partial charge in [0.05, 0.1) is 25.9 Å². The van der Waals surface area contributed by atoms with Gasteiger partial charge in [-0.15, -0.1) is 0 Å². The number of hydrogen-bond acceptors (Lipinski definition) is 8. The Morgan fingerprint density at radius 2 is 1.78 bits per heavy atom. The predicted molar refractivity (Wildman–Crippen MR) is 139 cm³/mol. The summed E-state index contributed by atoms with van der Waals surface area (Å²) < 4.78 is 21.5. The number of anilines is 1. The van der Waals surface area contributed by atoms with Crippen molar-refractivity contribution in [2.24, 2.45) is 5.73 Å². The first kappa shape index (κ1) is 25.6. The van der Waals surface area contributed by atoms with Crippen molar-refractivity contribution in [3.63, 3.8) is 0 Å². The van der Waals surface area contributed by atoms with Crippen LogP contribution < -0.4 is 30.0 Å². The number of benzene rings is 3. The lowest BCUT2D eigenvalue weighted by Crippen LogP contribution is -2.37. The van der Waals surface area contributed by atoms with Crippen LogP contribution in [0.25, 0.3) is 6.08 Å². The number of methoxy groups -OCH3 is 2. The van der Waals surface area contributed by atoms with E-state index in [0.29, 0.717) is 51.8 Å². The Morgan fingerprint density at radius 1 is 1.05 bits per heavy atom. The van der Waals surface area contributed by atoms with Gasteiger partial charge in [-0.3, -0.25) is 9.59 Å². The van der Waals surface area contributed by atoms with Crippen LogP contribution in [0.1, 0.15) is 28.4 Å². The molecule has 37 heavy (non-hydrogen) atoms. The Bertz CT molecular complexity index is 1350. The molecule has 0 bridgehead atoms.